The van der Waals surface area contributed by atoms with Crippen LogP contribution in [0.1, 0.15) is 48.2 Å². The van der Waals surface area contributed by atoms with E-state index in [1.807, 2.05) is 0 Å². The number of para-hydroxylation sites is 1. The Morgan fingerprint density at radius 3 is 2.52 bits per heavy atom. The largest absolute Gasteiger partial charge is 0.467 e. The van der Waals surface area contributed by atoms with Crippen molar-refractivity contribution < 1.29 is 4.74 Å². The van der Waals surface area contributed by atoms with Crippen LogP contribution in [0.25, 0.3) is 0 Å². The minimum Gasteiger partial charge on any atom is -0.467 e. The zero-order valence-electron chi connectivity index (χ0n) is 18.2. The second-order valence-electron chi connectivity index (χ2n) is 8.55. The van der Waals surface area contributed by atoms with Gasteiger partial charge in [-0.2, -0.15) is 4.98 Å². The monoisotopic (exact) mass is 394 g/mol. The highest BCUT2D eigenvalue weighted by Crippen LogP contribution is 2.33. The van der Waals surface area contributed by atoms with Crippen molar-refractivity contribution in [2.45, 2.75) is 57.9 Å². The number of hydrogen-bond donors (Lipinski definition) is 0. The summed E-state index contributed by atoms with van der Waals surface area (Å²) in [6.45, 7) is 5.86. The number of benzene rings is 1. The Hall–Kier alpha value is -2.14. The van der Waals surface area contributed by atoms with Gasteiger partial charge in [-0.15, -0.1) is 0 Å². The molecule has 29 heavy (non-hydrogen) atoms. The van der Waals surface area contributed by atoms with Crippen LogP contribution in [0.4, 0.5) is 5.69 Å². The Balaban J connectivity index is 0.000000294. The van der Waals surface area contributed by atoms with E-state index in [-0.39, 0.29) is 0 Å². The van der Waals surface area contributed by atoms with Crippen molar-refractivity contribution in [3.05, 3.63) is 46.8 Å². The minimum absolute atomic E-state index is 0.501. The van der Waals surface area contributed by atoms with Crippen molar-refractivity contribution >= 4 is 5.69 Å². The molecule has 0 saturated carbocycles. The number of hydrogen-bond acceptors (Lipinski definition) is 5. The summed E-state index contributed by atoms with van der Waals surface area (Å²) in [4.78, 5) is 14.0. The molecule has 1 fully saturated rings. The molecule has 1 saturated heterocycles. The Bertz CT molecular complexity index is 832. The van der Waals surface area contributed by atoms with E-state index in [2.05, 4.69) is 58.0 Å². The standard InChI is InChI=1S/C19H23N3O.C5H11N/c1-13-16-10-9-15(12-17(16)21-19(20-13)23-2)22-11-5-7-14-6-3-4-8-18(14)22;1-6-4-2-3-5-6/h3-4,6,8,15H,5,7,9-12H2,1-2H3;2-5H2,1H3. The van der Waals surface area contributed by atoms with Crippen molar-refractivity contribution in [1.82, 2.24) is 14.9 Å². The maximum atomic E-state index is 5.26. The van der Waals surface area contributed by atoms with Crippen molar-refractivity contribution in [3.8, 4) is 6.01 Å². The number of aryl methyl sites for hydroxylation is 2. The molecule has 1 unspecified atom stereocenters. The maximum Gasteiger partial charge on any atom is 0.316 e. The lowest BCUT2D eigenvalue weighted by Crippen LogP contribution is -2.42. The SMILES string of the molecule is CN1CCCC1.COc1nc(C)c2c(n1)CC(N1CCCc3ccccc31)CC2. The Morgan fingerprint density at radius 2 is 1.79 bits per heavy atom. The van der Waals surface area contributed by atoms with Crippen molar-refractivity contribution in [1.29, 1.82) is 0 Å². The third kappa shape index (κ3) is 4.55. The van der Waals surface area contributed by atoms with Gasteiger partial charge in [-0.1, -0.05) is 18.2 Å². The summed E-state index contributed by atoms with van der Waals surface area (Å²) in [5, 5.41) is 0. The van der Waals surface area contributed by atoms with Crippen LogP contribution in [0.15, 0.2) is 24.3 Å². The first-order chi connectivity index (χ1) is 14.2. The molecule has 0 N–H and O–H groups in total. The molecule has 2 aromatic rings. The van der Waals surface area contributed by atoms with Gasteiger partial charge in [0, 0.05) is 30.4 Å². The molecule has 0 spiro atoms. The summed E-state index contributed by atoms with van der Waals surface area (Å²) in [7, 11) is 3.81. The fourth-order valence-corrected chi connectivity index (χ4v) is 4.93. The van der Waals surface area contributed by atoms with Gasteiger partial charge < -0.3 is 14.5 Å². The predicted octanol–water partition coefficient (Wildman–Crippen LogP) is 3.82. The number of methoxy groups -OCH3 is 1. The van der Waals surface area contributed by atoms with Gasteiger partial charge in [0.1, 0.15) is 0 Å². The van der Waals surface area contributed by atoms with E-state index in [0.29, 0.717) is 12.1 Å². The summed E-state index contributed by atoms with van der Waals surface area (Å²) in [6, 6.07) is 9.89. The van der Waals surface area contributed by atoms with E-state index >= 15 is 0 Å². The summed E-state index contributed by atoms with van der Waals surface area (Å²) in [6.07, 6.45) is 8.50. The number of fused-ring (bicyclic) bond motifs is 2. The summed E-state index contributed by atoms with van der Waals surface area (Å²) >= 11 is 0. The predicted molar refractivity (Wildman–Crippen MR) is 118 cm³/mol. The number of nitrogens with zero attached hydrogens (tertiary/aromatic N) is 4. The van der Waals surface area contributed by atoms with Gasteiger partial charge in [-0.3, -0.25) is 0 Å². The fourth-order valence-electron chi connectivity index (χ4n) is 4.93. The first kappa shape index (κ1) is 20.1. The van der Waals surface area contributed by atoms with Crippen LogP contribution in [0.3, 0.4) is 0 Å². The minimum atomic E-state index is 0.501. The van der Waals surface area contributed by atoms with Crippen LogP contribution >= 0.6 is 0 Å². The number of likely N-dealkylation sites (tertiary alicyclic amines) is 1. The van der Waals surface area contributed by atoms with Gasteiger partial charge >= 0.3 is 6.01 Å². The van der Waals surface area contributed by atoms with E-state index in [0.717, 1.165) is 25.1 Å². The van der Waals surface area contributed by atoms with Crippen molar-refractivity contribution in [2.75, 3.05) is 38.7 Å². The Labute approximate surface area is 175 Å². The molecule has 156 valence electrons. The molecule has 1 atom stereocenters. The van der Waals surface area contributed by atoms with E-state index < -0.39 is 0 Å². The summed E-state index contributed by atoms with van der Waals surface area (Å²) in [5.41, 5.74) is 6.48. The second-order valence-corrected chi connectivity index (χ2v) is 8.55. The van der Waals surface area contributed by atoms with Crippen LogP contribution in [0.5, 0.6) is 6.01 Å². The van der Waals surface area contributed by atoms with Gasteiger partial charge in [0.15, 0.2) is 0 Å². The normalized spacial score (nSPS) is 21.1. The van der Waals surface area contributed by atoms with Gasteiger partial charge in [0.2, 0.25) is 0 Å². The zero-order valence-corrected chi connectivity index (χ0v) is 18.2. The lowest BCUT2D eigenvalue weighted by atomic mass is 9.88. The number of ether oxygens (including phenoxy) is 1. The summed E-state index contributed by atoms with van der Waals surface area (Å²) < 4.78 is 5.26. The number of anilines is 1. The van der Waals surface area contributed by atoms with E-state index in [1.165, 1.54) is 67.7 Å². The number of aromatic nitrogens is 2. The topological polar surface area (TPSA) is 41.5 Å². The highest BCUT2D eigenvalue weighted by atomic mass is 16.5. The van der Waals surface area contributed by atoms with Crippen LogP contribution < -0.4 is 9.64 Å². The lowest BCUT2D eigenvalue weighted by Gasteiger charge is -2.40. The number of rotatable bonds is 2. The second kappa shape index (κ2) is 9.12. The first-order valence-corrected chi connectivity index (χ1v) is 11.1. The third-order valence-corrected chi connectivity index (χ3v) is 6.53. The fraction of sp³-hybridized carbons (Fsp3) is 0.583. The van der Waals surface area contributed by atoms with Crippen LogP contribution in [-0.4, -0.2) is 54.7 Å². The lowest BCUT2D eigenvalue weighted by molar-refractivity contribution is 0.372. The van der Waals surface area contributed by atoms with E-state index in [4.69, 9.17) is 4.74 Å². The molecule has 0 radical (unpaired) electrons. The molecular formula is C24H34N4O. The van der Waals surface area contributed by atoms with Crippen molar-refractivity contribution in [3.63, 3.8) is 0 Å². The molecule has 5 nitrogen and oxygen atoms in total. The molecule has 3 aliphatic rings. The highest BCUT2D eigenvalue weighted by molar-refractivity contribution is 5.56. The molecule has 1 aromatic heterocycles. The average Bonchev–Trinajstić information content (AvgIpc) is 3.24. The zero-order chi connectivity index (χ0) is 20.2. The molecule has 5 heteroatoms. The Morgan fingerprint density at radius 1 is 1.00 bits per heavy atom. The van der Waals surface area contributed by atoms with E-state index in [1.54, 1.807) is 7.11 Å². The molecular weight excluding hydrogens is 360 g/mol. The summed E-state index contributed by atoms with van der Waals surface area (Å²) in [5.74, 6) is 0. The van der Waals surface area contributed by atoms with Gasteiger partial charge in [0.25, 0.3) is 0 Å². The molecule has 0 amide bonds. The van der Waals surface area contributed by atoms with Crippen molar-refractivity contribution in [2.24, 2.45) is 0 Å². The maximum absolute atomic E-state index is 5.26. The molecule has 1 aromatic carbocycles. The average molecular weight is 395 g/mol. The first-order valence-electron chi connectivity index (χ1n) is 11.1. The molecule has 2 aliphatic heterocycles. The van der Waals surface area contributed by atoms with Gasteiger partial charge in [-0.05, 0) is 82.8 Å². The highest BCUT2D eigenvalue weighted by Gasteiger charge is 2.29. The third-order valence-electron chi connectivity index (χ3n) is 6.53. The molecule has 0 bridgehead atoms. The molecule has 3 heterocycles. The van der Waals surface area contributed by atoms with Crippen LogP contribution in [0.2, 0.25) is 0 Å². The van der Waals surface area contributed by atoms with Crippen LogP contribution in [0, 0.1) is 6.92 Å². The molecule has 5 rings (SSSR count). The van der Waals surface area contributed by atoms with Gasteiger partial charge in [-0.25, -0.2) is 4.98 Å². The Kier molecular flexibility index (Phi) is 6.34. The smallest absolute Gasteiger partial charge is 0.316 e. The van der Waals surface area contributed by atoms with E-state index in [9.17, 15) is 0 Å². The molecule has 1 aliphatic carbocycles. The van der Waals surface area contributed by atoms with Crippen LogP contribution in [-0.2, 0) is 19.3 Å². The quantitative estimate of drug-likeness (QED) is 0.775. The van der Waals surface area contributed by atoms with Gasteiger partial charge in [0.05, 0.1) is 12.8 Å².